The first-order valence-electron chi connectivity index (χ1n) is 20.3. The van der Waals surface area contributed by atoms with Crippen LogP contribution >= 0.6 is 0 Å². The zero-order valence-corrected chi connectivity index (χ0v) is 35.9. The molecule has 3 amide bonds. The zero-order valence-electron chi connectivity index (χ0n) is 35.9. The monoisotopic (exact) mass is 938 g/mol. The van der Waals surface area contributed by atoms with Gasteiger partial charge in [0.15, 0.2) is 0 Å². The molecule has 0 saturated heterocycles. The molecule has 0 fully saturated rings. The number of rotatable bonds is 17. The maximum atomic E-state index is 13.8. The minimum Gasteiger partial charge on any atom is -0.478 e. The average Bonchev–Trinajstić information content (AvgIpc) is 3.36. The molecule has 0 aromatic heterocycles. The number of ether oxygens (including phenoxy) is 1. The van der Waals surface area contributed by atoms with Crippen molar-refractivity contribution in [3.05, 3.63) is 185 Å². The second-order valence-corrected chi connectivity index (χ2v) is 14.6. The van der Waals surface area contributed by atoms with Gasteiger partial charge in [-0.05, 0) is 146 Å². The number of nitrogens with one attached hydrogen (secondary N) is 3. The molecular formula is C49H34N10O11. The molecule has 0 aliphatic rings. The molecule has 0 aliphatic carbocycles. The van der Waals surface area contributed by atoms with Crippen LogP contribution in [0.4, 0.5) is 56.9 Å². The van der Waals surface area contributed by atoms with Gasteiger partial charge >= 0.3 is 17.9 Å². The molecule has 0 atom stereocenters. The lowest BCUT2D eigenvalue weighted by molar-refractivity contribution is -0.120. The van der Waals surface area contributed by atoms with Crippen LogP contribution in [0.2, 0.25) is 0 Å². The summed E-state index contributed by atoms with van der Waals surface area (Å²) in [5, 5.41) is 60.8. The predicted molar refractivity (Wildman–Crippen MR) is 253 cm³/mol. The van der Waals surface area contributed by atoms with Gasteiger partial charge in [-0.15, -0.1) is 0 Å². The third-order valence-corrected chi connectivity index (χ3v) is 9.57. The third kappa shape index (κ3) is 12.8. The van der Waals surface area contributed by atoms with Gasteiger partial charge in [-0.25, -0.2) is 14.4 Å². The van der Waals surface area contributed by atoms with Crippen LogP contribution in [0.25, 0.3) is 0 Å². The fraction of sp³-hybridized carbons (Fsp3) is 0. The van der Waals surface area contributed by atoms with E-state index < -0.39 is 35.6 Å². The van der Waals surface area contributed by atoms with Crippen molar-refractivity contribution in [2.45, 2.75) is 0 Å². The summed E-state index contributed by atoms with van der Waals surface area (Å²) in [4.78, 5) is 86.6. The Morgan fingerprint density at radius 2 is 0.671 bits per heavy atom. The maximum Gasteiger partial charge on any atom is 0.335 e. The normalized spacial score (nSPS) is 11.0. The lowest BCUT2D eigenvalue weighted by atomic mass is 10.0. The zero-order chi connectivity index (χ0) is 49.7. The summed E-state index contributed by atoms with van der Waals surface area (Å²) < 4.78 is 4.77. The van der Waals surface area contributed by atoms with Crippen LogP contribution < -0.4 is 26.4 Å². The molecule has 21 heteroatoms. The molecule has 7 rings (SSSR count). The van der Waals surface area contributed by atoms with Gasteiger partial charge in [-0.1, -0.05) is 0 Å². The van der Waals surface area contributed by atoms with E-state index in [0.717, 1.165) is 24.3 Å². The Balaban J connectivity index is 1.09. The number of carbonyl (C=O) groups excluding carboxylic acids is 4. The molecular weight excluding hydrogens is 905 g/mol. The van der Waals surface area contributed by atoms with Crippen LogP contribution in [-0.4, -0.2) is 57.4 Å². The Kier molecular flexibility index (Phi) is 14.6. The molecule has 0 saturated carbocycles. The van der Waals surface area contributed by atoms with E-state index in [9.17, 15) is 48.9 Å². The van der Waals surface area contributed by atoms with Crippen LogP contribution in [0.5, 0.6) is 5.75 Å². The molecule has 21 nitrogen and oxygen atoms in total. The van der Waals surface area contributed by atoms with Crippen molar-refractivity contribution in [1.82, 2.24) is 0 Å². The number of nitrogens with two attached hydrogens (primary N) is 1. The van der Waals surface area contributed by atoms with Crippen molar-refractivity contribution < 1.29 is 53.6 Å². The number of amides is 3. The summed E-state index contributed by atoms with van der Waals surface area (Å²) in [6.45, 7) is 0.145. The first-order chi connectivity index (χ1) is 33.7. The number of carboxylic acid groups (broad SMARTS) is 3. The highest BCUT2D eigenvalue weighted by molar-refractivity contribution is 6.13. The van der Waals surface area contributed by atoms with Gasteiger partial charge in [-0.3, -0.25) is 19.2 Å². The van der Waals surface area contributed by atoms with Crippen LogP contribution in [0.1, 0.15) is 62.1 Å². The Morgan fingerprint density at radius 3 is 1.00 bits per heavy atom. The molecule has 0 unspecified atom stereocenters. The molecule has 0 aliphatic heterocycles. The average molecular weight is 939 g/mol. The minimum absolute atomic E-state index is 0.0169. The number of benzene rings is 7. The summed E-state index contributed by atoms with van der Waals surface area (Å²) in [6, 6.07) is 36.1. The number of azo groups is 3. The van der Waals surface area contributed by atoms with E-state index in [1.165, 1.54) is 78.9 Å². The smallest absolute Gasteiger partial charge is 0.335 e. The summed E-state index contributed by atoms with van der Waals surface area (Å²) in [5.74, 6) is -6.07. The van der Waals surface area contributed by atoms with Crippen molar-refractivity contribution in [3.8, 4) is 5.75 Å². The SMILES string of the molecule is Nc1ccc(N=Nc2ccc(NC(=O)c3cc(C(=O)Nc4ccc(N=Nc5cc(OC=O)cc(C(=O)O)c5)cc4)cc(C(=O)Nc4ccc(N=Nc5cc(C(=O)O)cc(C(=O)O)c5)cc4)c3)cc2)cc1. The molecule has 7 aromatic rings. The highest BCUT2D eigenvalue weighted by Crippen LogP contribution is 2.28. The van der Waals surface area contributed by atoms with Crippen molar-refractivity contribution in [3.63, 3.8) is 0 Å². The Morgan fingerprint density at radius 1 is 0.386 bits per heavy atom. The highest BCUT2D eigenvalue weighted by atomic mass is 16.5. The summed E-state index contributed by atoms with van der Waals surface area (Å²) in [6.07, 6.45) is 0. The number of nitrogens with zero attached hydrogens (tertiary/aromatic N) is 6. The summed E-state index contributed by atoms with van der Waals surface area (Å²) in [7, 11) is 0. The van der Waals surface area contributed by atoms with Crippen molar-refractivity contribution in [2.24, 2.45) is 30.7 Å². The van der Waals surface area contributed by atoms with E-state index in [-0.39, 0.29) is 68.4 Å². The van der Waals surface area contributed by atoms with Gasteiger partial charge in [0, 0.05) is 45.5 Å². The van der Waals surface area contributed by atoms with Gasteiger partial charge in [-0.2, -0.15) is 30.7 Å². The van der Waals surface area contributed by atoms with Crippen LogP contribution in [0, 0.1) is 0 Å². The summed E-state index contributed by atoms with van der Waals surface area (Å²) in [5.41, 5.74) is 8.02. The second kappa shape index (κ2) is 21.6. The lowest BCUT2D eigenvalue weighted by Crippen LogP contribution is -2.19. The first-order valence-corrected chi connectivity index (χ1v) is 20.3. The molecule has 8 N–H and O–H groups in total. The standard InChI is InChI=1S/C49H34N10O11/c50-33-1-3-37(4-2-33)54-55-38-11-5-34(6-12-38)51-44(61)27-17-28(45(62)52-35-7-13-39(14-8-35)56-58-41-21-30(47(64)65)20-31(22-41)48(66)67)19-29(18-27)46(63)53-36-9-15-40(16-10-36)57-59-42-23-32(49(68)69)24-43(25-42)70-26-60/h1-26H,50H2,(H,51,61)(H,52,62)(H,53,63)(H,64,65)(H,66,67)(H,68,69). The predicted octanol–water partition coefficient (Wildman–Crippen LogP) is 10.9. The fourth-order valence-electron chi connectivity index (χ4n) is 6.16. The molecule has 70 heavy (non-hydrogen) atoms. The number of carboxylic acids is 3. The quantitative estimate of drug-likeness (QED) is 0.0255. The highest BCUT2D eigenvalue weighted by Gasteiger charge is 2.18. The van der Waals surface area contributed by atoms with Gasteiger partial charge in [0.1, 0.15) is 5.75 Å². The molecule has 0 heterocycles. The number of carbonyl (C=O) groups is 7. The lowest BCUT2D eigenvalue weighted by Gasteiger charge is -2.12. The van der Waals surface area contributed by atoms with E-state index in [1.807, 2.05) is 0 Å². The molecule has 0 spiro atoms. The van der Waals surface area contributed by atoms with Gasteiger partial charge in [0.05, 0.1) is 50.8 Å². The van der Waals surface area contributed by atoms with E-state index in [0.29, 0.717) is 34.1 Å². The van der Waals surface area contributed by atoms with Gasteiger partial charge in [0.25, 0.3) is 24.2 Å². The molecule has 346 valence electrons. The van der Waals surface area contributed by atoms with Crippen LogP contribution in [-0.2, 0) is 4.79 Å². The van der Waals surface area contributed by atoms with Gasteiger partial charge < -0.3 is 41.7 Å². The van der Waals surface area contributed by atoms with Crippen LogP contribution in [0.15, 0.2) is 182 Å². The van der Waals surface area contributed by atoms with Crippen molar-refractivity contribution in [1.29, 1.82) is 0 Å². The maximum absolute atomic E-state index is 13.8. The minimum atomic E-state index is -1.35. The molecule has 0 bridgehead atoms. The fourth-order valence-corrected chi connectivity index (χ4v) is 6.16. The van der Waals surface area contributed by atoms with Crippen molar-refractivity contribution >= 4 is 99.0 Å². The molecule has 7 aromatic carbocycles. The number of aromatic carboxylic acids is 3. The first kappa shape index (κ1) is 47.4. The number of hydrogen-bond donors (Lipinski definition) is 7. The van der Waals surface area contributed by atoms with E-state index in [4.69, 9.17) is 10.5 Å². The van der Waals surface area contributed by atoms with Crippen molar-refractivity contribution in [2.75, 3.05) is 21.7 Å². The third-order valence-electron chi connectivity index (χ3n) is 9.57. The number of anilines is 4. The second-order valence-electron chi connectivity index (χ2n) is 14.6. The largest absolute Gasteiger partial charge is 0.478 e. The van der Waals surface area contributed by atoms with E-state index in [2.05, 4.69) is 46.6 Å². The van der Waals surface area contributed by atoms with E-state index in [1.54, 1.807) is 48.5 Å². The molecule has 0 radical (unpaired) electrons. The van der Waals surface area contributed by atoms with Crippen LogP contribution in [0.3, 0.4) is 0 Å². The number of nitrogen functional groups attached to an aromatic ring is 1. The number of hydrogen-bond acceptors (Lipinski definition) is 15. The Bertz CT molecular complexity index is 3240. The Labute approximate surface area is 394 Å². The topological polar surface area (TPSA) is 326 Å². The Hall–Kier alpha value is -10.6. The summed E-state index contributed by atoms with van der Waals surface area (Å²) >= 11 is 0. The van der Waals surface area contributed by atoms with E-state index >= 15 is 0 Å². The van der Waals surface area contributed by atoms with Gasteiger partial charge in [0.2, 0.25) is 0 Å².